The monoisotopic (exact) mass is 193 g/mol. The molecule has 0 aromatic rings. The van der Waals surface area contributed by atoms with Crippen LogP contribution in [0.5, 0.6) is 0 Å². The van der Waals surface area contributed by atoms with Crippen LogP contribution in [0.3, 0.4) is 0 Å². The van der Waals surface area contributed by atoms with E-state index in [1.807, 2.05) is 14.0 Å². The first-order valence-electron chi connectivity index (χ1n) is 4.23. The van der Waals surface area contributed by atoms with Gasteiger partial charge in [0.2, 0.25) is 0 Å². The molecule has 0 amide bonds. The Morgan fingerprint density at radius 2 is 1.83 bits per heavy atom. The van der Waals surface area contributed by atoms with Crippen molar-refractivity contribution in [2.24, 2.45) is 0 Å². The molecule has 1 rings (SSSR count). The minimum Gasteiger partial charge on any atom is -0.307 e. The van der Waals surface area contributed by atoms with Crippen LogP contribution in [0, 0.1) is 0 Å². The summed E-state index contributed by atoms with van der Waals surface area (Å²) in [4.78, 5) is 2.10. The molecule has 0 saturated carbocycles. The quantitative estimate of drug-likeness (QED) is 0.586. The summed E-state index contributed by atoms with van der Waals surface area (Å²) in [6.45, 7) is 4.48. The largest absolute Gasteiger partial charge is 0.330 e. The third-order valence-electron chi connectivity index (χ3n) is 1.91. The summed E-state index contributed by atoms with van der Waals surface area (Å²) in [5.41, 5.74) is 0. The van der Waals surface area contributed by atoms with Gasteiger partial charge in [0.05, 0.1) is 13.2 Å². The summed E-state index contributed by atoms with van der Waals surface area (Å²) >= 11 is 0. The third kappa shape index (κ3) is 2.87. The molecule has 0 aromatic carbocycles. The molecule has 12 heavy (non-hydrogen) atoms. The molecule has 4 nitrogen and oxygen atoms in total. The van der Waals surface area contributed by atoms with Crippen LogP contribution in [0.1, 0.15) is 6.92 Å². The molecule has 0 aliphatic carbocycles. The maximum absolute atomic E-state index is 11.6. The second-order valence-electron chi connectivity index (χ2n) is 2.90. The predicted molar refractivity (Wildman–Crippen MR) is 47.5 cm³/mol. The zero-order chi connectivity index (χ0) is 9.03. The van der Waals surface area contributed by atoms with E-state index in [0.29, 0.717) is 19.4 Å². The van der Waals surface area contributed by atoms with Gasteiger partial charge in [-0.05, 0) is 7.05 Å². The van der Waals surface area contributed by atoms with Crippen LogP contribution < -0.4 is 0 Å². The highest BCUT2D eigenvalue weighted by Gasteiger charge is 2.23. The lowest BCUT2D eigenvalue weighted by atomic mass is 10.5. The molecule has 0 unspecified atom stereocenters. The van der Waals surface area contributed by atoms with E-state index in [0.717, 1.165) is 13.1 Å². The second kappa shape index (κ2) is 4.38. The summed E-state index contributed by atoms with van der Waals surface area (Å²) in [6.07, 6.45) is 0.469. The van der Waals surface area contributed by atoms with Crippen molar-refractivity contribution in [2.75, 3.05) is 39.5 Å². The van der Waals surface area contributed by atoms with Crippen LogP contribution in [0.15, 0.2) is 0 Å². The molecule has 1 aliphatic rings. The minimum absolute atomic E-state index is 0.469. The number of nitrogens with zero attached hydrogens (tertiary/aromatic N) is 1. The minimum atomic E-state index is -2.72. The van der Waals surface area contributed by atoms with Gasteiger partial charge < -0.3 is 13.9 Å². The maximum Gasteiger partial charge on any atom is 0.330 e. The van der Waals surface area contributed by atoms with E-state index in [4.69, 9.17) is 9.05 Å². The molecule has 0 atom stereocenters. The molecule has 1 aliphatic heterocycles. The molecule has 1 fully saturated rings. The summed E-state index contributed by atoms with van der Waals surface area (Å²) in [5.74, 6) is 0. The van der Waals surface area contributed by atoms with Crippen LogP contribution in [-0.2, 0) is 13.6 Å². The van der Waals surface area contributed by atoms with Crippen LogP contribution in [0.4, 0.5) is 0 Å². The molecule has 0 N–H and O–H groups in total. The van der Waals surface area contributed by atoms with Crippen molar-refractivity contribution in [3.8, 4) is 0 Å². The Kier molecular flexibility index (Phi) is 3.72. The van der Waals surface area contributed by atoms with Crippen molar-refractivity contribution in [1.82, 2.24) is 4.90 Å². The van der Waals surface area contributed by atoms with E-state index < -0.39 is 7.60 Å². The van der Waals surface area contributed by atoms with Crippen molar-refractivity contribution in [3.05, 3.63) is 0 Å². The van der Waals surface area contributed by atoms with Crippen LogP contribution in [0.25, 0.3) is 0 Å². The third-order valence-corrected chi connectivity index (χ3v) is 3.84. The van der Waals surface area contributed by atoms with Crippen molar-refractivity contribution in [1.29, 1.82) is 0 Å². The summed E-state index contributed by atoms with van der Waals surface area (Å²) in [5, 5.41) is 0. The topological polar surface area (TPSA) is 38.8 Å². The Bertz CT molecular complexity index is 171. The van der Waals surface area contributed by atoms with Gasteiger partial charge in [0.15, 0.2) is 0 Å². The normalized spacial score (nSPS) is 26.2. The lowest BCUT2D eigenvalue weighted by molar-refractivity contribution is 0.135. The Morgan fingerprint density at radius 1 is 1.33 bits per heavy atom. The van der Waals surface area contributed by atoms with Gasteiger partial charge in [0.25, 0.3) is 0 Å². The lowest BCUT2D eigenvalue weighted by Gasteiger charge is -2.24. The number of hydrogen-bond donors (Lipinski definition) is 0. The van der Waals surface area contributed by atoms with Crippen molar-refractivity contribution in [2.45, 2.75) is 6.92 Å². The summed E-state index contributed by atoms with van der Waals surface area (Å²) in [6, 6.07) is 0. The van der Waals surface area contributed by atoms with Crippen molar-refractivity contribution < 1.29 is 13.6 Å². The van der Waals surface area contributed by atoms with Gasteiger partial charge in [0, 0.05) is 19.3 Å². The Balaban J connectivity index is 2.45. The highest BCUT2D eigenvalue weighted by Crippen LogP contribution is 2.47. The Labute approximate surface area is 73.4 Å². The average molecular weight is 193 g/mol. The lowest BCUT2D eigenvalue weighted by Crippen LogP contribution is -2.29. The van der Waals surface area contributed by atoms with Gasteiger partial charge >= 0.3 is 7.60 Å². The fraction of sp³-hybridized carbons (Fsp3) is 1.00. The molecule has 0 aromatic heterocycles. The van der Waals surface area contributed by atoms with Crippen LogP contribution in [-0.4, -0.2) is 44.4 Å². The van der Waals surface area contributed by atoms with Crippen molar-refractivity contribution >= 4 is 7.60 Å². The maximum atomic E-state index is 11.6. The smallest absolute Gasteiger partial charge is 0.307 e. The average Bonchev–Trinajstić information content (AvgIpc) is 2.01. The molecule has 1 heterocycles. The first-order valence-corrected chi connectivity index (χ1v) is 5.96. The Morgan fingerprint density at radius 3 is 2.25 bits per heavy atom. The van der Waals surface area contributed by atoms with Gasteiger partial charge in [-0.2, -0.15) is 0 Å². The molecule has 72 valence electrons. The second-order valence-corrected chi connectivity index (χ2v) is 5.27. The molecule has 0 radical (unpaired) electrons. The highest BCUT2D eigenvalue weighted by molar-refractivity contribution is 7.53. The van der Waals surface area contributed by atoms with E-state index in [1.165, 1.54) is 0 Å². The molecule has 5 heteroatoms. The van der Waals surface area contributed by atoms with Crippen LogP contribution in [0.2, 0.25) is 0 Å². The number of rotatable bonds is 1. The van der Waals surface area contributed by atoms with E-state index in [2.05, 4.69) is 4.90 Å². The van der Waals surface area contributed by atoms with Gasteiger partial charge in [-0.3, -0.25) is 4.57 Å². The zero-order valence-electron chi connectivity index (χ0n) is 7.65. The van der Waals surface area contributed by atoms with Crippen molar-refractivity contribution in [3.63, 3.8) is 0 Å². The molecule has 0 spiro atoms. The fourth-order valence-corrected chi connectivity index (χ4v) is 2.16. The molecule has 0 bridgehead atoms. The van der Waals surface area contributed by atoms with Gasteiger partial charge in [-0.15, -0.1) is 0 Å². The van der Waals surface area contributed by atoms with E-state index in [9.17, 15) is 4.57 Å². The number of hydrogen-bond acceptors (Lipinski definition) is 4. The van der Waals surface area contributed by atoms with Gasteiger partial charge in [0.1, 0.15) is 0 Å². The molecular weight excluding hydrogens is 177 g/mol. The molecular formula is C7H16NO3P. The summed E-state index contributed by atoms with van der Waals surface area (Å²) in [7, 11) is -0.724. The summed E-state index contributed by atoms with van der Waals surface area (Å²) < 4.78 is 22.0. The Hall–Kier alpha value is 0.110. The van der Waals surface area contributed by atoms with E-state index in [1.54, 1.807) is 0 Å². The highest BCUT2D eigenvalue weighted by atomic mass is 31.2. The van der Waals surface area contributed by atoms with Crippen LogP contribution >= 0.6 is 7.60 Å². The van der Waals surface area contributed by atoms with Gasteiger partial charge in [-0.1, -0.05) is 6.92 Å². The SMILES string of the molecule is CCP1(=O)OCCN(C)CCO1. The first kappa shape index (κ1) is 10.2. The number of likely N-dealkylation sites (N-methyl/N-ethyl adjacent to an activating group) is 1. The standard InChI is InChI=1S/C7H16NO3P/c1-3-12(9)10-6-4-8(2)5-7-11-12/h3-7H2,1-2H3. The first-order chi connectivity index (χ1) is 5.66. The predicted octanol–water partition coefficient (Wildman–Crippen LogP) is 1.18. The zero-order valence-corrected chi connectivity index (χ0v) is 8.55. The van der Waals surface area contributed by atoms with E-state index >= 15 is 0 Å². The molecule has 1 saturated heterocycles. The van der Waals surface area contributed by atoms with Gasteiger partial charge in [-0.25, -0.2) is 0 Å². The fourth-order valence-electron chi connectivity index (χ4n) is 1.00. The van der Waals surface area contributed by atoms with E-state index in [-0.39, 0.29) is 0 Å².